The molecule has 1 atom stereocenters. The molecule has 2 heterocycles. The molecule has 1 aliphatic rings. The molecule has 1 aliphatic heterocycles. The zero-order valence-corrected chi connectivity index (χ0v) is 13.3. The summed E-state index contributed by atoms with van der Waals surface area (Å²) >= 11 is 5.26. The van der Waals surface area contributed by atoms with Gasteiger partial charge in [-0.25, -0.2) is 4.98 Å². The minimum absolute atomic E-state index is 0.378. The highest BCUT2D eigenvalue weighted by Crippen LogP contribution is 2.30. The highest BCUT2D eigenvalue weighted by Gasteiger charge is 2.19. The van der Waals surface area contributed by atoms with Gasteiger partial charge in [-0.3, -0.25) is 0 Å². The summed E-state index contributed by atoms with van der Waals surface area (Å²) in [5, 5.41) is 1.20. The van der Waals surface area contributed by atoms with E-state index < -0.39 is 0 Å². The second-order valence-corrected chi connectivity index (χ2v) is 7.06. The van der Waals surface area contributed by atoms with Crippen molar-refractivity contribution in [1.29, 1.82) is 0 Å². The summed E-state index contributed by atoms with van der Waals surface area (Å²) in [6.07, 6.45) is 3.70. The maximum Gasteiger partial charge on any atom is 0.0961 e. The van der Waals surface area contributed by atoms with Gasteiger partial charge in [0.05, 0.1) is 16.8 Å². The van der Waals surface area contributed by atoms with Crippen LogP contribution in [-0.4, -0.2) is 17.7 Å². The van der Waals surface area contributed by atoms with Crippen LogP contribution in [0.2, 0.25) is 0 Å². The molecule has 1 unspecified atom stereocenters. The molecule has 0 saturated carbocycles. The number of aryl methyl sites for hydroxylation is 1. The normalized spacial score (nSPS) is 18.9. The van der Waals surface area contributed by atoms with E-state index in [0.717, 1.165) is 23.2 Å². The number of thiazole rings is 1. The maximum absolute atomic E-state index is 5.69. The van der Waals surface area contributed by atoms with Gasteiger partial charge >= 0.3 is 0 Å². The lowest BCUT2D eigenvalue weighted by Crippen LogP contribution is -2.08. The molecular weight excluding hydrogens is 322 g/mol. The molecule has 2 aromatic rings. The third-order valence-electron chi connectivity index (χ3n) is 3.38. The van der Waals surface area contributed by atoms with Gasteiger partial charge in [0.1, 0.15) is 0 Å². The second-order valence-electron chi connectivity index (χ2n) is 4.86. The van der Waals surface area contributed by atoms with Gasteiger partial charge < -0.3 is 4.74 Å². The Hall–Kier alpha value is -0.710. The number of aromatic nitrogens is 1. The Morgan fingerprint density at radius 1 is 1.37 bits per heavy atom. The van der Waals surface area contributed by atoms with Crippen molar-refractivity contribution >= 4 is 27.3 Å². The minimum Gasteiger partial charge on any atom is -0.378 e. The van der Waals surface area contributed by atoms with Crippen molar-refractivity contribution in [3.05, 3.63) is 38.6 Å². The number of ether oxygens (including phenoxy) is 1. The molecule has 0 spiro atoms. The molecule has 1 saturated heterocycles. The van der Waals surface area contributed by atoms with Crippen LogP contribution in [0, 0.1) is 6.92 Å². The number of rotatable bonds is 3. The lowest BCUT2D eigenvalue weighted by atomic mass is 10.1. The minimum atomic E-state index is 0.378. The van der Waals surface area contributed by atoms with Gasteiger partial charge in [0.2, 0.25) is 0 Å². The van der Waals surface area contributed by atoms with Crippen molar-refractivity contribution in [3.8, 4) is 11.3 Å². The van der Waals surface area contributed by atoms with Gasteiger partial charge in [-0.2, -0.15) is 0 Å². The smallest absolute Gasteiger partial charge is 0.0961 e. The van der Waals surface area contributed by atoms with Crippen molar-refractivity contribution in [3.63, 3.8) is 0 Å². The van der Waals surface area contributed by atoms with Crippen LogP contribution in [0.3, 0.4) is 0 Å². The van der Waals surface area contributed by atoms with E-state index in [1.165, 1.54) is 28.3 Å². The summed E-state index contributed by atoms with van der Waals surface area (Å²) in [4.78, 5) is 6.08. The summed E-state index contributed by atoms with van der Waals surface area (Å²) in [7, 11) is 0. The first-order valence-corrected chi connectivity index (χ1v) is 8.17. The van der Waals surface area contributed by atoms with Gasteiger partial charge in [-0.05, 0) is 31.9 Å². The van der Waals surface area contributed by atoms with E-state index in [2.05, 4.69) is 47.1 Å². The Labute approximate surface area is 126 Å². The lowest BCUT2D eigenvalue weighted by Gasteiger charge is -2.05. The standard InChI is InChI=1S/C15H16BrNOS/c1-10-15(11-4-6-12(16)7-5-11)17-14(19-10)9-13-3-2-8-18-13/h4-7,13H,2-3,8-9H2,1H3. The van der Waals surface area contributed by atoms with E-state index in [1.54, 1.807) is 11.3 Å². The average molecular weight is 338 g/mol. The number of hydrogen-bond acceptors (Lipinski definition) is 3. The Morgan fingerprint density at radius 2 is 2.16 bits per heavy atom. The predicted octanol–water partition coefficient (Wildman–Crippen LogP) is 4.60. The van der Waals surface area contributed by atoms with Crippen LogP contribution in [0.5, 0.6) is 0 Å². The van der Waals surface area contributed by atoms with Crippen LogP contribution in [0.1, 0.15) is 22.7 Å². The molecule has 0 amide bonds. The summed E-state index contributed by atoms with van der Waals surface area (Å²) in [6, 6.07) is 8.35. The molecule has 2 nitrogen and oxygen atoms in total. The van der Waals surface area contributed by atoms with Gasteiger partial charge in [0, 0.05) is 27.9 Å². The molecular formula is C15H16BrNOS. The number of halogens is 1. The van der Waals surface area contributed by atoms with Gasteiger partial charge in [-0.1, -0.05) is 28.1 Å². The maximum atomic E-state index is 5.69. The zero-order chi connectivity index (χ0) is 13.2. The monoisotopic (exact) mass is 337 g/mol. The van der Waals surface area contributed by atoms with Gasteiger partial charge in [0.25, 0.3) is 0 Å². The summed E-state index contributed by atoms with van der Waals surface area (Å²) < 4.78 is 6.79. The molecule has 100 valence electrons. The molecule has 0 radical (unpaired) electrons. The predicted molar refractivity (Wildman–Crippen MR) is 82.7 cm³/mol. The van der Waals surface area contributed by atoms with Gasteiger partial charge in [-0.15, -0.1) is 11.3 Å². The quantitative estimate of drug-likeness (QED) is 0.816. The Kier molecular flexibility index (Phi) is 4.01. The molecule has 1 aromatic carbocycles. The lowest BCUT2D eigenvalue weighted by molar-refractivity contribution is 0.111. The Morgan fingerprint density at radius 3 is 2.84 bits per heavy atom. The number of hydrogen-bond donors (Lipinski definition) is 0. The first-order valence-electron chi connectivity index (χ1n) is 6.56. The van der Waals surface area contributed by atoms with E-state index in [1.807, 2.05) is 0 Å². The SMILES string of the molecule is Cc1sc(CC2CCCO2)nc1-c1ccc(Br)cc1. The zero-order valence-electron chi connectivity index (χ0n) is 10.9. The van der Waals surface area contributed by atoms with Crippen LogP contribution < -0.4 is 0 Å². The Balaban J connectivity index is 1.82. The average Bonchev–Trinajstić information content (AvgIpc) is 3.01. The van der Waals surface area contributed by atoms with E-state index in [0.29, 0.717) is 6.10 Å². The molecule has 1 fully saturated rings. The van der Waals surface area contributed by atoms with Crippen molar-refractivity contribution in [2.24, 2.45) is 0 Å². The van der Waals surface area contributed by atoms with Gasteiger partial charge in [0.15, 0.2) is 0 Å². The summed E-state index contributed by atoms with van der Waals surface area (Å²) in [5.41, 5.74) is 2.31. The fourth-order valence-electron chi connectivity index (χ4n) is 2.41. The highest BCUT2D eigenvalue weighted by atomic mass is 79.9. The fourth-order valence-corrected chi connectivity index (χ4v) is 3.70. The first-order chi connectivity index (χ1) is 9.22. The second kappa shape index (κ2) is 5.73. The van der Waals surface area contributed by atoms with Crippen LogP contribution in [0.25, 0.3) is 11.3 Å². The molecule has 3 rings (SSSR count). The largest absolute Gasteiger partial charge is 0.378 e. The van der Waals surface area contributed by atoms with Crippen LogP contribution in [-0.2, 0) is 11.2 Å². The van der Waals surface area contributed by atoms with Crippen LogP contribution in [0.15, 0.2) is 28.7 Å². The summed E-state index contributed by atoms with van der Waals surface area (Å²) in [6.45, 7) is 3.06. The highest BCUT2D eigenvalue weighted by molar-refractivity contribution is 9.10. The first kappa shape index (κ1) is 13.3. The van der Waals surface area contributed by atoms with Crippen molar-refractivity contribution in [1.82, 2.24) is 4.98 Å². The topological polar surface area (TPSA) is 22.1 Å². The molecule has 4 heteroatoms. The van der Waals surface area contributed by atoms with E-state index in [4.69, 9.17) is 9.72 Å². The van der Waals surface area contributed by atoms with Crippen molar-refractivity contribution in [2.45, 2.75) is 32.3 Å². The molecule has 0 aliphatic carbocycles. The number of nitrogens with zero attached hydrogens (tertiary/aromatic N) is 1. The van der Waals surface area contributed by atoms with Crippen molar-refractivity contribution in [2.75, 3.05) is 6.61 Å². The number of benzene rings is 1. The third-order valence-corrected chi connectivity index (χ3v) is 4.91. The van der Waals surface area contributed by atoms with Crippen LogP contribution >= 0.6 is 27.3 Å². The molecule has 19 heavy (non-hydrogen) atoms. The third kappa shape index (κ3) is 3.07. The van der Waals surface area contributed by atoms with E-state index in [-0.39, 0.29) is 0 Å². The molecule has 0 N–H and O–H groups in total. The van der Waals surface area contributed by atoms with E-state index in [9.17, 15) is 0 Å². The molecule has 0 bridgehead atoms. The summed E-state index contributed by atoms with van der Waals surface area (Å²) in [5.74, 6) is 0. The van der Waals surface area contributed by atoms with E-state index >= 15 is 0 Å². The van der Waals surface area contributed by atoms with Crippen LogP contribution in [0.4, 0.5) is 0 Å². The molecule has 1 aromatic heterocycles. The van der Waals surface area contributed by atoms with Crippen molar-refractivity contribution < 1.29 is 4.74 Å². The Bertz CT molecular complexity index is 558. The fraction of sp³-hybridized carbons (Fsp3) is 0.400.